The van der Waals surface area contributed by atoms with Gasteiger partial charge in [0.25, 0.3) is 0 Å². The van der Waals surface area contributed by atoms with Crippen molar-refractivity contribution in [3.63, 3.8) is 0 Å². The molecule has 0 bridgehead atoms. The monoisotopic (exact) mass is 244 g/mol. The average Bonchev–Trinajstić information content (AvgIpc) is 2.73. The van der Waals surface area contributed by atoms with Crippen LogP contribution in [0.2, 0.25) is 0 Å². The summed E-state index contributed by atoms with van der Waals surface area (Å²) in [6.45, 7) is 0. The van der Waals surface area contributed by atoms with Crippen LogP contribution in [0.4, 0.5) is 0 Å². The first-order valence-corrected chi connectivity index (χ1v) is 5.79. The topological polar surface area (TPSA) is 66.2 Å². The van der Waals surface area contributed by atoms with Gasteiger partial charge in [0.1, 0.15) is 11.0 Å². The fraction of sp³-hybridized carbons (Fsp3) is 0. The molecule has 0 aliphatic heterocycles. The lowest BCUT2D eigenvalue weighted by Crippen LogP contribution is -1.97. The molecule has 0 saturated carbocycles. The number of hydrogen-bond donors (Lipinski definition) is 2. The van der Waals surface area contributed by atoms with E-state index in [9.17, 15) is 0 Å². The number of aromatic nitrogens is 2. The summed E-state index contributed by atoms with van der Waals surface area (Å²) >= 11 is 1.25. The van der Waals surface area contributed by atoms with Crippen molar-refractivity contribution in [3.8, 4) is 0 Å². The van der Waals surface area contributed by atoms with Crippen LogP contribution in [0, 0.1) is 0 Å². The van der Waals surface area contributed by atoms with Crippen LogP contribution >= 0.6 is 11.3 Å². The second-order valence-corrected chi connectivity index (χ2v) is 4.58. The molecule has 0 aliphatic carbocycles. The van der Waals surface area contributed by atoms with Crippen molar-refractivity contribution < 1.29 is 10.2 Å². The number of rotatable bonds is 0. The van der Waals surface area contributed by atoms with E-state index in [1.165, 1.54) is 11.3 Å². The Morgan fingerprint density at radius 2 is 1.35 bits per heavy atom. The molecule has 1 aromatic carbocycles. The van der Waals surface area contributed by atoms with Crippen molar-refractivity contribution in [1.29, 1.82) is 0 Å². The number of benzene rings is 1. The van der Waals surface area contributed by atoms with E-state index in [1.807, 2.05) is 24.3 Å². The Hall–Kier alpha value is -2.14. The third-order valence-corrected chi connectivity index (χ3v) is 3.53. The molecule has 0 aliphatic rings. The molecule has 4 nitrogen and oxygen atoms in total. The summed E-state index contributed by atoms with van der Waals surface area (Å²) < 4.78 is 1.19. The normalized spacial score (nSPS) is 13.9. The zero-order chi connectivity index (χ0) is 11.8. The van der Waals surface area contributed by atoms with Gasteiger partial charge in [-0.1, -0.05) is 12.1 Å². The fourth-order valence-electron chi connectivity index (χ4n) is 1.73. The first kappa shape index (κ1) is 10.0. The van der Waals surface area contributed by atoms with Crippen LogP contribution in [0.1, 0.15) is 0 Å². The minimum Gasteiger partial charge on any atom is -0.514 e. The number of hydrogen-bond acceptors (Lipinski definition) is 5. The summed E-state index contributed by atoms with van der Waals surface area (Å²) in [4.78, 5) is 8.89. The van der Waals surface area contributed by atoms with Gasteiger partial charge in [0, 0.05) is 0 Å². The molecular weight excluding hydrogens is 236 g/mol. The van der Waals surface area contributed by atoms with Crippen LogP contribution in [0.25, 0.3) is 34.6 Å². The minimum atomic E-state index is 0.596. The lowest BCUT2D eigenvalue weighted by atomic mass is 10.3. The molecule has 0 radical (unpaired) electrons. The van der Waals surface area contributed by atoms with Crippen LogP contribution in [0.15, 0.2) is 24.3 Å². The molecule has 0 fully saturated rings. The number of nitrogens with zero attached hydrogens (tertiary/aromatic N) is 2. The van der Waals surface area contributed by atoms with Gasteiger partial charge in [0.05, 0.1) is 32.6 Å². The van der Waals surface area contributed by atoms with Crippen molar-refractivity contribution in [1.82, 2.24) is 9.97 Å². The van der Waals surface area contributed by atoms with E-state index in [4.69, 9.17) is 10.2 Å². The summed E-state index contributed by atoms with van der Waals surface area (Å²) in [6.07, 6.45) is 1.98. The van der Waals surface area contributed by atoms with Gasteiger partial charge in [0.15, 0.2) is 0 Å². The molecule has 5 heteroatoms. The Morgan fingerprint density at radius 3 is 1.76 bits per heavy atom. The maximum Gasteiger partial charge on any atom is 0.111 e. The minimum absolute atomic E-state index is 0.596. The van der Waals surface area contributed by atoms with Gasteiger partial charge in [-0.2, -0.15) is 0 Å². The van der Waals surface area contributed by atoms with Crippen LogP contribution in [0.5, 0.6) is 0 Å². The highest BCUT2D eigenvalue weighted by Crippen LogP contribution is 2.12. The standard InChI is InChI=1S/C12H8N2O2S/c15-5-9-11-12(10(6-16)17-9)14-8-4-2-1-3-7(8)13-11/h1-6,15-16H/b9-5-,10-6-. The Balaban J connectivity index is 2.63. The van der Waals surface area contributed by atoms with Crippen molar-refractivity contribution in [2.24, 2.45) is 0 Å². The summed E-state index contributed by atoms with van der Waals surface area (Å²) in [5, 5.41) is 18.3. The Morgan fingerprint density at radius 1 is 0.882 bits per heavy atom. The molecule has 2 N–H and O–H groups in total. The number of thiophene rings is 1. The summed E-state index contributed by atoms with van der Waals surface area (Å²) in [6, 6.07) is 7.50. The van der Waals surface area contributed by atoms with Gasteiger partial charge < -0.3 is 10.2 Å². The lowest BCUT2D eigenvalue weighted by molar-refractivity contribution is 0.542. The fourth-order valence-corrected chi connectivity index (χ4v) is 2.55. The molecule has 84 valence electrons. The van der Waals surface area contributed by atoms with Gasteiger partial charge in [-0.05, 0) is 12.1 Å². The van der Waals surface area contributed by atoms with Crippen LogP contribution in [-0.4, -0.2) is 20.2 Å². The third kappa shape index (κ3) is 1.43. The second kappa shape index (κ2) is 3.71. The van der Waals surface area contributed by atoms with Gasteiger partial charge in [-0.15, -0.1) is 11.3 Å². The smallest absolute Gasteiger partial charge is 0.111 e. The zero-order valence-corrected chi connectivity index (χ0v) is 9.48. The van der Waals surface area contributed by atoms with E-state index in [0.717, 1.165) is 23.6 Å². The highest BCUT2D eigenvalue weighted by atomic mass is 32.1. The Labute approximate surface area is 99.8 Å². The van der Waals surface area contributed by atoms with E-state index in [1.54, 1.807) is 0 Å². The largest absolute Gasteiger partial charge is 0.514 e. The Kier molecular flexibility index (Phi) is 2.19. The highest BCUT2D eigenvalue weighted by Gasteiger charge is 2.07. The van der Waals surface area contributed by atoms with Crippen molar-refractivity contribution in [2.75, 3.05) is 0 Å². The maximum atomic E-state index is 9.14. The lowest BCUT2D eigenvalue weighted by Gasteiger charge is -1.95. The predicted molar refractivity (Wildman–Crippen MR) is 68.4 cm³/mol. The molecule has 3 rings (SSSR count). The van der Waals surface area contributed by atoms with Crippen molar-refractivity contribution >= 4 is 45.9 Å². The van der Waals surface area contributed by atoms with Crippen LogP contribution in [-0.2, 0) is 0 Å². The quantitative estimate of drug-likeness (QED) is 0.628. The number of fused-ring (bicyclic) bond motifs is 2. The molecule has 0 spiro atoms. The first-order chi connectivity index (χ1) is 8.33. The van der Waals surface area contributed by atoms with E-state index >= 15 is 0 Å². The van der Waals surface area contributed by atoms with Gasteiger partial charge in [-0.3, -0.25) is 0 Å². The van der Waals surface area contributed by atoms with E-state index in [0.29, 0.717) is 20.1 Å². The molecular formula is C12H8N2O2S. The molecule has 0 amide bonds. The van der Waals surface area contributed by atoms with Crippen molar-refractivity contribution in [2.45, 2.75) is 0 Å². The number of para-hydroxylation sites is 2. The van der Waals surface area contributed by atoms with E-state index < -0.39 is 0 Å². The summed E-state index contributed by atoms with van der Waals surface area (Å²) in [5.41, 5.74) is 2.75. The summed E-state index contributed by atoms with van der Waals surface area (Å²) in [7, 11) is 0. The number of aliphatic hydroxyl groups excluding tert-OH is 2. The first-order valence-electron chi connectivity index (χ1n) is 4.97. The highest BCUT2D eigenvalue weighted by molar-refractivity contribution is 7.09. The number of aliphatic hydroxyl groups is 2. The molecule has 2 aromatic heterocycles. The SMILES string of the molecule is O/C=c1\s/c(=C\O)c2nc3ccccc3nc12. The molecule has 0 atom stereocenters. The summed E-state index contributed by atoms with van der Waals surface area (Å²) in [5.74, 6) is 0. The van der Waals surface area contributed by atoms with Gasteiger partial charge in [0.2, 0.25) is 0 Å². The second-order valence-electron chi connectivity index (χ2n) is 3.50. The maximum absolute atomic E-state index is 9.14. The van der Waals surface area contributed by atoms with Crippen molar-refractivity contribution in [3.05, 3.63) is 33.3 Å². The molecule has 17 heavy (non-hydrogen) atoms. The van der Waals surface area contributed by atoms with E-state index in [2.05, 4.69) is 9.97 Å². The van der Waals surface area contributed by atoms with Crippen LogP contribution < -0.4 is 9.06 Å². The van der Waals surface area contributed by atoms with Gasteiger partial charge >= 0.3 is 0 Å². The average molecular weight is 244 g/mol. The Bertz CT molecular complexity index is 756. The predicted octanol–water partition coefficient (Wildman–Crippen LogP) is 1.44. The molecule has 2 heterocycles. The van der Waals surface area contributed by atoms with E-state index in [-0.39, 0.29) is 0 Å². The van der Waals surface area contributed by atoms with Crippen LogP contribution in [0.3, 0.4) is 0 Å². The molecule has 3 aromatic rings. The molecule has 0 saturated heterocycles. The van der Waals surface area contributed by atoms with Gasteiger partial charge in [-0.25, -0.2) is 9.97 Å². The zero-order valence-electron chi connectivity index (χ0n) is 8.66. The molecule has 0 unspecified atom stereocenters. The third-order valence-electron chi connectivity index (χ3n) is 2.49.